The van der Waals surface area contributed by atoms with Gasteiger partial charge in [0.1, 0.15) is 5.15 Å². The van der Waals surface area contributed by atoms with Crippen LogP contribution in [-0.2, 0) is 0 Å². The lowest BCUT2D eigenvalue weighted by atomic mass is 10.0. The topological polar surface area (TPSA) is 47.0 Å². The van der Waals surface area contributed by atoms with Gasteiger partial charge in [-0.1, -0.05) is 18.0 Å². The molecule has 0 aliphatic carbocycles. The number of hydrogen-bond acceptors (Lipinski definition) is 4. The van der Waals surface area contributed by atoms with Gasteiger partial charge in [-0.2, -0.15) is 4.98 Å². The number of nitrogens with one attached hydrogen (secondary N) is 1. The molecule has 5 heteroatoms. The third-order valence-corrected chi connectivity index (χ3v) is 3.34. The molecule has 100 valence electrons. The standard InChI is InChI=1S/C13H20ClN3O/c1-10-9-12(14)17-13(16-10)18-8-4-6-11-5-2-3-7-15-11/h9,11,15H,2-8H2,1H3/t11-/m1/s1. The van der Waals surface area contributed by atoms with Crippen LogP contribution in [0.1, 0.15) is 37.8 Å². The molecule has 1 aliphatic heterocycles. The molecule has 1 saturated heterocycles. The van der Waals surface area contributed by atoms with Gasteiger partial charge in [-0.25, -0.2) is 4.98 Å². The molecule has 0 amide bonds. The summed E-state index contributed by atoms with van der Waals surface area (Å²) in [5, 5.41) is 3.96. The van der Waals surface area contributed by atoms with Crippen molar-refractivity contribution in [3.05, 3.63) is 16.9 Å². The Kier molecular flexibility index (Phi) is 5.20. The number of hydrogen-bond donors (Lipinski definition) is 1. The van der Waals surface area contributed by atoms with Gasteiger partial charge in [-0.3, -0.25) is 0 Å². The first kappa shape index (κ1) is 13.6. The number of piperidine rings is 1. The van der Waals surface area contributed by atoms with Crippen LogP contribution >= 0.6 is 11.6 Å². The average molecular weight is 270 g/mol. The zero-order chi connectivity index (χ0) is 12.8. The van der Waals surface area contributed by atoms with E-state index in [-0.39, 0.29) is 0 Å². The normalized spacial score (nSPS) is 19.8. The molecule has 1 aromatic rings. The summed E-state index contributed by atoms with van der Waals surface area (Å²) in [6.45, 7) is 3.69. The van der Waals surface area contributed by atoms with Crippen molar-refractivity contribution >= 4 is 11.6 Å². The minimum Gasteiger partial charge on any atom is -0.463 e. The molecular formula is C13H20ClN3O. The number of halogens is 1. The van der Waals surface area contributed by atoms with Crippen LogP contribution < -0.4 is 10.1 Å². The summed E-state index contributed by atoms with van der Waals surface area (Å²) in [6, 6.07) is 2.77. The Bertz CT molecular complexity index is 360. The fraction of sp³-hybridized carbons (Fsp3) is 0.692. The predicted octanol–water partition coefficient (Wildman–Crippen LogP) is 2.74. The van der Waals surface area contributed by atoms with Gasteiger partial charge < -0.3 is 10.1 Å². The molecule has 1 aliphatic rings. The Morgan fingerprint density at radius 1 is 1.44 bits per heavy atom. The number of aryl methyl sites for hydroxylation is 1. The maximum absolute atomic E-state index is 5.84. The molecule has 4 nitrogen and oxygen atoms in total. The van der Waals surface area contributed by atoms with Crippen molar-refractivity contribution in [2.45, 2.75) is 45.1 Å². The van der Waals surface area contributed by atoms with Gasteiger partial charge in [0, 0.05) is 11.7 Å². The van der Waals surface area contributed by atoms with Crippen molar-refractivity contribution in [2.75, 3.05) is 13.2 Å². The maximum atomic E-state index is 5.84. The second-order valence-electron chi connectivity index (χ2n) is 4.75. The molecule has 0 aromatic carbocycles. The van der Waals surface area contributed by atoms with Gasteiger partial charge >= 0.3 is 6.01 Å². The molecule has 1 atom stereocenters. The summed E-state index contributed by atoms with van der Waals surface area (Å²) in [7, 11) is 0. The lowest BCUT2D eigenvalue weighted by Crippen LogP contribution is -2.34. The molecule has 18 heavy (non-hydrogen) atoms. The zero-order valence-corrected chi connectivity index (χ0v) is 11.5. The van der Waals surface area contributed by atoms with Crippen molar-refractivity contribution in [3.63, 3.8) is 0 Å². The van der Waals surface area contributed by atoms with Crippen LogP contribution in [0.5, 0.6) is 6.01 Å². The van der Waals surface area contributed by atoms with E-state index < -0.39 is 0 Å². The molecular weight excluding hydrogens is 250 g/mol. The Balaban J connectivity index is 1.68. The lowest BCUT2D eigenvalue weighted by Gasteiger charge is -2.23. The van der Waals surface area contributed by atoms with Crippen molar-refractivity contribution in [1.29, 1.82) is 0 Å². The highest BCUT2D eigenvalue weighted by molar-refractivity contribution is 6.29. The summed E-state index contributed by atoms with van der Waals surface area (Å²) in [5.74, 6) is 0. The number of ether oxygens (including phenoxy) is 1. The van der Waals surface area contributed by atoms with Crippen LogP contribution in [0.4, 0.5) is 0 Å². The first-order valence-electron chi connectivity index (χ1n) is 6.61. The fourth-order valence-corrected chi connectivity index (χ4v) is 2.46. The summed E-state index contributed by atoms with van der Waals surface area (Å²) in [4.78, 5) is 8.22. The summed E-state index contributed by atoms with van der Waals surface area (Å²) >= 11 is 5.84. The van der Waals surface area contributed by atoms with E-state index in [9.17, 15) is 0 Å². The van der Waals surface area contributed by atoms with Gasteiger partial charge in [0.25, 0.3) is 0 Å². The largest absolute Gasteiger partial charge is 0.463 e. The van der Waals surface area contributed by atoms with E-state index in [1.807, 2.05) is 6.92 Å². The summed E-state index contributed by atoms with van der Waals surface area (Å²) < 4.78 is 5.52. The van der Waals surface area contributed by atoms with Gasteiger partial charge in [-0.15, -0.1) is 0 Å². The van der Waals surface area contributed by atoms with Gasteiger partial charge in [0.15, 0.2) is 0 Å². The van der Waals surface area contributed by atoms with Gasteiger partial charge in [-0.05, 0) is 45.2 Å². The minimum absolute atomic E-state index is 0.386. The zero-order valence-electron chi connectivity index (χ0n) is 10.8. The van der Waals surface area contributed by atoms with Crippen molar-refractivity contribution in [1.82, 2.24) is 15.3 Å². The number of nitrogens with zero attached hydrogens (tertiary/aromatic N) is 2. The quantitative estimate of drug-likeness (QED) is 0.660. The second kappa shape index (κ2) is 6.90. The SMILES string of the molecule is Cc1cc(Cl)nc(OCCC[C@H]2CCCCN2)n1. The van der Waals surface area contributed by atoms with E-state index in [1.165, 1.54) is 19.3 Å². The summed E-state index contributed by atoms with van der Waals surface area (Å²) in [6.07, 6.45) is 6.11. The van der Waals surface area contributed by atoms with Crippen LogP contribution in [0.2, 0.25) is 5.15 Å². The van der Waals surface area contributed by atoms with E-state index in [1.54, 1.807) is 6.07 Å². The highest BCUT2D eigenvalue weighted by atomic mass is 35.5. The molecule has 1 aromatic heterocycles. The van der Waals surface area contributed by atoms with Crippen LogP contribution in [0.15, 0.2) is 6.07 Å². The molecule has 0 saturated carbocycles. The Labute approximate surface area is 113 Å². The van der Waals surface area contributed by atoms with Crippen LogP contribution in [0.25, 0.3) is 0 Å². The van der Waals surface area contributed by atoms with Gasteiger partial charge in [0.2, 0.25) is 0 Å². The summed E-state index contributed by atoms with van der Waals surface area (Å²) in [5.41, 5.74) is 0.832. The highest BCUT2D eigenvalue weighted by Crippen LogP contribution is 2.14. The van der Waals surface area contributed by atoms with Gasteiger partial charge in [0.05, 0.1) is 6.61 Å². The van der Waals surface area contributed by atoms with Crippen molar-refractivity contribution in [2.24, 2.45) is 0 Å². The van der Waals surface area contributed by atoms with E-state index in [4.69, 9.17) is 16.3 Å². The average Bonchev–Trinajstić information content (AvgIpc) is 2.35. The molecule has 0 radical (unpaired) electrons. The first-order valence-corrected chi connectivity index (χ1v) is 6.99. The maximum Gasteiger partial charge on any atom is 0.318 e. The molecule has 0 bridgehead atoms. The number of rotatable bonds is 5. The predicted molar refractivity (Wildman–Crippen MR) is 72.1 cm³/mol. The van der Waals surface area contributed by atoms with E-state index in [0.717, 1.165) is 25.1 Å². The Hall–Kier alpha value is -0.870. The fourth-order valence-electron chi connectivity index (χ4n) is 2.23. The smallest absolute Gasteiger partial charge is 0.318 e. The van der Waals surface area contributed by atoms with Crippen molar-refractivity contribution < 1.29 is 4.74 Å². The minimum atomic E-state index is 0.386. The third-order valence-electron chi connectivity index (χ3n) is 3.14. The lowest BCUT2D eigenvalue weighted by molar-refractivity contribution is 0.266. The van der Waals surface area contributed by atoms with Crippen LogP contribution in [0.3, 0.4) is 0 Å². The van der Waals surface area contributed by atoms with E-state index in [2.05, 4.69) is 15.3 Å². The molecule has 1 fully saturated rings. The molecule has 2 rings (SSSR count). The van der Waals surface area contributed by atoms with Crippen molar-refractivity contribution in [3.8, 4) is 6.01 Å². The molecule has 0 spiro atoms. The second-order valence-corrected chi connectivity index (χ2v) is 5.14. The first-order chi connectivity index (χ1) is 8.74. The van der Waals surface area contributed by atoms with Crippen LogP contribution in [0, 0.1) is 6.92 Å². The van der Waals surface area contributed by atoms with E-state index in [0.29, 0.717) is 23.8 Å². The highest BCUT2D eigenvalue weighted by Gasteiger charge is 2.11. The van der Waals surface area contributed by atoms with Crippen LogP contribution in [-0.4, -0.2) is 29.2 Å². The molecule has 2 heterocycles. The molecule has 1 N–H and O–H groups in total. The Morgan fingerprint density at radius 3 is 3.06 bits per heavy atom. The van der Waals surface area contributed by atoms with E-state index >= 15 is 0 Å². The Morgan fingerprint density at radius 2 is 2.33 bits per heavy atom. The number of aromatic nitrogens is 2. The molecule has 0 unspecified atom stereocenters. The monoisotopic (exact) mass is 269 g/mol. The third kappa shape index (κ3) is 4.42.